The Balaban J connectivity index is 1.99. The van der Waals surface area contributed by atoms with Gasteiger partial charge in [-0.15, -0.1) is 0 Å². The van der Waals surface area contributed by atoms with Gasteiger partial charge in [0.15, 0.2) is 5.76 Å². The smallest absolute Gasteiger partial charge is 0.150 e. The van der Waals surface area contributed by atoms with Crippen LogP contribution in [0.15, 0.2) is 54.3 Å². The number of benzene rings is 2. The van der Waals surface area contributed by atoms with Crippen LogP contribution in [0, 0.1) is 0 Å². The fourth-order valence-electron chi connectivity index (χ4n) is 2.90. The minimum atomic E-state index is 0.0820. The number of fused-ring (bicyclic) bond motifs is 4. The number of rotatable bonds is 0. The summed E-state index contributed by atoms with van der Waals surface area (Å²) in [6, 6.07) is 16.3. The van der Waals surface area contributed by atoms with Gasteiger partial charge in [0.25, 0.3) is 0 Å². The molecule has 2 nitrogen and oxygen atoms in total. The summed E-state index contributed by atoms with van der Waals surface area (Å²) in [7, 11) is 2.08. The number of hydrogen-bond donors (Lipinski definition) is 0. The molecule has 2 aliphatic heterocycles. The van der Waals surface area contributed by atoms with Gasteiger partial charge in [-0.3, -0.25) is 0 Å². The van der Waals surface area contributed by atoms with Crippen LogP contribution >= 0.6 is 11.6 Å². The molecule has 1 atom stereocenters. The van der Waals surface area contributed by atoms with Crippen LogP contribution in [-0.4, -0.2) is 7.05 Å². The molecular formula is C16H12ClNO. The predicted octanol–water partition coefficient (Wildman–Crippen LogP) is 4.18. The van der Waals surface area contributed by atoms with Gasteiger partial charge in [0, 0.05) is 23.9 Å². The summed E-state index contributed by atoms with van der Waals surface area (Å²) >= 11 is 6.53. The van der Waals surface area contributed by atoms with E-state index in [9.17, 15) is 0 Å². The van der Waals surface area contributed by atoms with E-state index in [1.807, 2.05) is 36.4 Å². The molecule has 0 saturated carbocycles. The van der Waals surface area contributed by atoms with Gasteiger partial charge in [-0.2, -0.15) is 0 Å². The van der Waals surface area contributed by atoms with Gasteiger partial charge < -0.3 is 9.64 Å². The minimum Gasteiger partial charge on any atom is -0.457 e. The van der Waals surface area contributed by atoms with E-state index in [4.69, 9.17) is 16.3 Å². The summed E-state index contributed by atoms with van der Waals surface area (Å²) in [6.45, 7) is 0. The molecule has 94 valence electrons. The molecule has 19 heavy (non-hydrogen) atoms. The molecule has 2 heterocycles. The number of para-hydroxylation sites is 2. The molecule has 2 aromatic rings. The molecule has 0 N–H and O–H groups in total. The standard InChI is InChI=1S/C16H12ClNO/c1-18-12-8-4-2-6-10(12)14(17)16-15(18)11-7-3-5-9-13(11)19-16/h2-9,15H,1H3. The molecule has 1 unspecified atom stereocenters. The zero-order chi connectivity index (χ0) is 13.0. The second kappa shape index (κ2) is 3.78. The van der Waals surface area contributed by atoms with E-state index in [1.165, 1.54) is 5.56 Å². The van der Waals surface area contributed by atoms with Gasteiger partial charge in [-0.1, -0.05) is 48.0 Å². The largest absolute Gasteiger partial charge is 0.457 e. The van der Waals surface area contributed by atoms with Gasteiger partial charge in [0.1, 0.15) is 11.8 Å². The summed E-state index contributed by atoms with van der Waals surface area (Å²) in [5, 5.41) is 0.718. The molecule has 0 radical (unpaired) electrons. The van der Waals surface area contributed by atoms with Gasteiger partial charge in [-0.05, 0) is 12.1 Å². The molecule has 3 heteroatoms. The van der Waals surface area contributed by atoms with Crippen molar-refractivity contribution in [3.05, 3.63) is 65.4 Å². The Labute approximate surface area is 116 Å². The van der Waals surface area contributed by atoms with Crippen LogP contribution in [0.25, 0.3) is 5.03 Å². The first kappa shape index (κ1) is 10.9. The summed E-state index contributed by atoms with van der Waals surface area (Å²) < 4.78 is 5.96. The van der Waals surface area contributed by atoms with Crippen molar-refractivity contribution in [2.24, 2.45) is 0 Å². The summed E-state index contributed by atoms with van der Waals surface area (Å²) in [5.41, 5.74) is 3.35. The first-order chi connectivity index (χ1) is 9.27. The van der Waals surface area contributed by atoms with E-state index in [-0.39, 0.29) is 6.04 Å². The Hall–Kier alpha value is -1.93. The maximum absolute atomic E-state index is 6.53. The van der Waals surface area contributed by atoms with Crippen molar-refractivity contribution in [2.45, 2.75) is 6.04 Å². The van der Waals surface area contributed by atoms with Crippen molar-refractivity contribution in [3.8, 4) is 5.75 Å². The van der Waals surface area contributed by atoms with E-state index in [0.29, 0.717) is 0 Å². The van der Waals surface area contributed by atoms with Crippen LogP contribution in [-0.2, 0) is 0 Å². The average Bonchev–Trinajstić information content (AvgIpc) is 2.84. The highest BCUT2D eigenvalue weighted by molar-refractivity contribution is 6.50. The van der Waals surface area contributed by atoms with Crippen molar-refractivity contribution < 1.29 is 4.74 Å². The maximum Gasteiger partial charge on any atom is 0.150 e. The molecule has 0 fully saturated rings. The lowest BCUT2D eigenvalue weighted by molar-refractivity contribution is 0.427. The highest BCUT2D eigenvalue weighted by Gasteiger charge is 2.39. The second-order valence-electron chi connectivity index (χ2n) is 4.85. The van der Waals surface area contributed by atoms with Gasteiger partial charge in [-0.25, -0.2) is 0 Å². The lowest BCUT2D eigenvalue weighted by atomic mass is 9.97. The lowest BCUT2D eigenvalue weighted by Crippen LogP contribution is -2.28. The molecular weight excluding hydrogens is 258 g/mol. The molecule has 0 bridgehead atoms. The Kier molecular flexibility index (Phi) is 2.18. The number of likely N-dealkylation sites (N-methyl/N-ethyl adjacent to an activating group) is 1. The third-order valence-corrected chi connectivity index (χ3v) is 4.20. The summed E-state index contributed by atoms with van der Waals surface area (Å²) in [5.74, 6) is 1.74. The fraction of sp³-hybridized carbons (Fsp3) is 0.125. The van der Waals surface area contributed by atoms with E-state index in [2.05, 4.69) is 24.1 Å². The van der Waals surface area contributed by atoms with Gasteiger partial charge >= 0.3 is 0 Å². The van der Waals surface area contributed by atoms with E-state index in [1.54, 1.807) is 0 Å². The molecule has 2 aromatic carbocycles. The quantitative estimate of drug-likeness (QED) is 0.711. The van der Waals surface area contributed by atoms with Crippen molar-refractivity contribution in [3.63, 3.8) is 0 Å². The molecule has 0 amide bonds. The van der Waals surface area contributed by atoms with Gasteiger partial charge in [0.05, 0.1) is 5.03 Å². The van der Waals surface area contributed by atoms with E-state index >= 15 is 0 Å². The predicted molar refractivity (Wildman–Crippen MR) is 77.4 cm³/mol. The normalized spacial score (nSPS) is 19.7. The maximum atomic E-state index is 6.53. The SMILES string of the molecule is CN1c2ccccc2C(Cl)=C2Oc3ccccc3C21. The Morgan fingerprint density at radius 2 is 1.79 bits per heavy atom. The number of halogens is 1. The first-order valence-electron chi connectivity index (χ1n) is 6.26. The Morgan fingerprint density at radius 3 is 2.68 bits per heavy atom. The zero-order valence-corrected chi connectivity index (χ0v) is 11.2. The minimum absolute atomic E-state index is 0.0820. The second-order valence-corrected chi connectivity index (χ2v) is 5.23. The molecule has 0 saturated heterocycles. The molecule has 0 aliphatic carbocycles. The first-order valence-corrected chi connectivity index (χ1v) is 6.64. The molecule has 4 rings (SSSR count). The molecule has 0 spiro atoms. The number of hydrogen-bond acceptors (Lipinski definition) is 2. The van der Waals surface area contributed by atoms with Crippen LogP contribution in [0.4, 0.5) is 5.69 Å². The van der Waals surface area contributed by atoms with Crippen molar-refractivity contribution in [2.75, 3.05) is 11.9 Å². The van der Waals surface area contributed by atoms with E-state index in [0.717, 1.165) is 27.8 Å². The summed E-state index contributed by atoms with van der Waals surface area (Å²) in [6.07, 6.45) is 0. The van der Waals surface area contributed by atoms with Crippen LogP contribution in [0.5, 0.6) is 5.75 Å². The molecule has 2 aliphatic rings. The van der Waals surface area contributed by atoms with Gasteiger partial charge in [0.2, 0.25) is 0 Å². The average molecular weight is 270 g/mol. The van der Waals surface area contributed by atoms with Crippen molar-refractivity contribution in [1.82, 2.24) is 0 Å². The zero-order valence-electron chi connectivity index (χ0n) is 10.4. The highest BCUT2D eigenvalue weighted by atomic mass is 35.5. The Bertz CT molecular complexity index is 707. The van der Waals surface area contributed by atoms with Crippen molar-refractivity contribution >= 4 is 22.3 Å². The number of nitrogens with zero attached hydrogens (tertiary/aromatic N) is 1. The van der Waals surface area contributed by atoms with Crippen molar-refractivity contribution in [1.29, 1.82) is 0 Å². The van der Waals surface area contributed by atoms with Crippen LogP contribution in [0.1, 0.15) is 17.2 Å². The number of anilines is 1. The third-order valence-electron chi connectivity index (χ3n) is 3.81. The van der Waals surface area contributed by atoms with Crippen LogP contribution in [0.2, 0.25) is 0 Å². The lowest BCUT2D eigenvalue weighted by Gasteiger charge is -2.33. The van der Waals surface area contributed by atoms with Crippen LogP contribution < -0.4 is 9.64 Å². The van der Waals surface area contributed by atoms with Crippen LogP contribution in [0.3, 0.4) is 0 Å². The van der Waals surface area contributed by atoms with E-state index < -0.39 is 0 Å². The number of ether oxygens (including phenoxy) is 1. The highest BCUT2D eigenvalue weighted by Crippen LogP contribution is 2.51. The molecule has 0 aromatic heterocycles. The summed E-state index contributed by atoms with van der Waals surface area (Å²) in [4.78, 5) is 2.22. The topological polar surface area (TPSA) is 12.5 Å². The monoisotopic (exact) mass is 269 g/mol. The Morgan fingerprint density at radius 1 is 1.05 bits per heavy atom. The fourth-order valence-corrected chi connectivity index (χ4v) is 3.20. The third kappa shape index (κ3) is 1.38.